The van der Waals surface area contributed by atoms with Crippen LogP contribution in [0.2, 0.25) is 0 Å². The van der Waals surface area contributed by atoms with Crippen molar-refractivity contribution < 1.29 is 18.1 Å². The summed E-state index contributed by atoms with van der Waals surface area (Å²) >= 11 is 0. The second-order valence-corrected chi connectivity index (χ2v) is 6.70. The van der Waals surface area contributed by atoms with E-state index in [-0.39, 0.29) is 17.4 Å². The fourth-order valence-electron chi connectivity index (χ4n) is 2.52. The minimum absolute atomic E-state index is 0.110. The molecule has 0 fully saturated rings. The van der Waals surface area contributed by atoms with Crippen molar-refractivity contribution in [1.29, 1.82) is 0 Å². The first-order chi connectivity index (χ1) is 10.3. The molecule has 9 heteroatoms. The van der Waals surface area contributed by atoms with Crippen molar-refractivity contribution >= 4 is 7.82 Å². The monoisotopic (exact) mass is 321 g/mol. The lowest BCUT2D eigenvalue weighted by Gasteiger charge is -2.20. The molecule has 3 bridgehead atoms. The normalized spacial score (nSPS) is 20.5. The van der Waals surface area contributed by atoms with E-state index in [0.717, 1.165) is 5.69 Å². The van der Waals surface area contributed by atoms with Crippen molar-refractivity contribution in [3.8, 4) is 23.2 Å². The second kappa shape index (κ2) is 3.89. The molecule has 0 radical (unpaired) electrons. The minimum atomic E-state index is -3.78. The third kappa shape index (κ3) is 1.53. The highest BCUT2D eigenvalue weighted by molar-refractivity contribution is 7.50. The van der Waals surface area contributed by atoms with Gasteiger partial charge in [-0.05, 0) is 27.7 Å². The average Bonchev–Trinajstić information content (AvgIpc) is 2.69. The van der Waals surface area contributed by atoms with Gasteiger partial charge in [0.15, 0.2) is 11.6 Å². The molecular weight excluding hydrogens is 309 g/mol. The summed E-state index contributed by atoms with van der Waals surface area (Å²) in [5.41, 5.74) is 2.05. The molecule has 0 saturated carbocycles. The lowest BCUT2D eigenvalue weighted by molar-refractivity contribution is 0.317. The molecule has 0 aliphatic carbocycles. The van der Waals surface area contributed by atoms with E-state index in [1.807, 2.05) is 6.92 Å². The van der Waals surface area contributed by atoms with E-state index in [2.05, 4.69) is 9.97 Å². The van der Waals surface area contributed by atoms with E-state index in [1.54, 1.807) is 20.8 Å². The van der Waals surface area contributed by atoms with E-state index in [1.165, 1.54) is 4.57 Å². The smallest absolute Gasteiger partial charge is 0.381 e. The fourth-order valence-corrected chi connectivity index (χ4v) is 3.89. The maximum absolute atomic E-state index is 12.6. The van der Waals surface area contributed by atoms with Crippen molar-refractivity contribution in [2.75, 3.05) is 0 Å². The average molecular weight is 321 g/mol. The number of phosphoric ester groups is 1. The highest BCUT2D eigenvalue weighted by Gasteiger charge is 2.51. The summed E-state index contributed by atoms with van der Waals surface area (Å²) in [6, 6.07) is 0. The Kier molecular flexibility index (Phi) is 2.36. The summed E-state index contributed by atoms with van der Waals surface area (Å²) in [4.78, 5) is 21.4. The Morgan fingerprint density at radius 3 is 2.27 bits per heavy atom. The zero-order valence-electron chi connectivity index (χ0n) is 12.3. The fraction of sp³-hybridized carbons (Fsp3) is 0.308. The maximum Gasteiger partial charge on any atom is 0.648 e. The van der Waals surface area contributed by atoms with Gasteiger partial charge in [0.1, 0.15) is 0 Å². The molecule has 1 unspecified atom stereocenters. The molecular formula is C13H12N3O5P. The van der Waals surface area contributed by atoms with Crippen molar-refractivity contribution in [3.05, 3.63) is 33.0 Å². The summed E-state index contributed by atoms with van der Waals surface area (Å²) in [6.07, 6.45) is 0. The molecule has 2 aromatic rings. The predicted molar refractivity (Wildman–Crippen MR) is 76.1 cm³/mol. The molecule has 0 spiro atoms. The molecule has 4 heterocycles. The lowest BCUT2D eigenvalue weighted by Crippen LogP contribution is -2.23. The first kappa shape index (κ1) is 13.3. The molecule has 0 amide bonds. The molecule has 2 aromatic heterocycles. The van der Waals surface area contributed by atoms with Gasteiger partial charge in [0.05, 0.1) is 22.6 Å². The van der Waals surface area contributed by atoms with Crippen LogP contribution < -0.4 is 19.1 Å². The van der Waals surface area contributed by atoms with E-state index in [0.29, 0.717) is 22.8 Å². The molecule has 0 N–H and O–H groups in total. The molecule has 2 aliphatic heterocycles. The standard InChI is InChI=1S/C13H12N3O5P/c1-5-9-10-12(17)16(13(5)21-22(18,19-9)20-10)11-8(4)14-6(2)7(3)15-11/h1-4H3. The topological polar surface area (TPSA) is 92.5 Å². The Morgan fingerprint density at radius 2 is 1.55 bits per heavy atom. The van der Waals surface area contributed by atoms with E-state index in [4.69, 9.17) is 13.6 Å². The van der Waals surface area contributed by atoms with Crippen molar-refractivity contribution in [2.24, 2.45) is 0 Å². The van der Waals surface area contributed by atoms with Crippen LogP contribution in [-0.2, 0) is 4.57 Å². The van der Waals surface area contributed by atoms with Crippen LogP contribution in [0.25, 0.3) is 5.82 Å². The SMILES string of the molecule is Cc1nc(C)c(-n2c3c(C)c4c(c2=O)OP(=O)(O4)O3)nc1C. The second-order valence-electron chi connectivity index (χ2n) is 5.25. The number of fused-ring (bicyclic) bond motifs is 2. The van der Waals surface area contributed by atoms with Crippen LogP contribution in [0.15, 0.2) is 4.79 Å². The van der Waals surface area contributed by atoms with Gasteiger partial charge in [-0.3, -0.25) is 9.78 Å². The first-order valence-electron chi connectivity index (χ1n) is 6.61. The van der Waals surface area contributed by atoms with Crippen LogP contribution >= 0.6 is 7.82 Å². The highest BCUT2D eigenvalue weighted by atomic mass is 31.2. The zero-order valence-corrected chi connectivity index (χ0v) is 13.2. The van der Waals surface area contributed by atoms with Crippen LogP contribution in [0.3, 0.4) is 0 Å². The Balaban J connectivity index is 2.11. The molecule has 22 heavy (non-hydrogen) atoms. The van der Waals surface area contributed by atoms with Gasteiger partial charge in [-0.1, -0.05) is 0 Å². The third-order valence-electron chi connectivity index (χ3n) is 3.74. The number of aryl methyl sites for hydroxylation is 3. The number of phosphoric acid groups is 1. The van der Waals surface area contributed by atoms with Crippen LogP contribution in [0, 0.1) is 27.7 Å². The Morgan fingerprint density at radius 1 is 0.909 bits per heavy atom. The predicted octanol–water partition coefficient (Wildman–Crippen LogP) is 2.13. The Bertz CT molecular complexity index is 965. The largest absolute Gasteiger partial charge is 0.648 e. The van der Waals surface area contributed by atoms with Crippen LogP contribution in [0.5, 0.6) is 17.4 Å². The van der Waals surface area contributed by atoms with Crippen molar-refractivity contribution in [3.63, 3.8) is 0 Å². The van der Waals surface area contributed by atoms with E-state index >= 15 is 0 Å². The van der Waals surface area contributed by atoms with Crippen molar-refractivity contribution in [1.82, 2.24) is 14.5 Å². The molecule has 114 valence electrons. The molecule has 0 aromatic carbocycles. The number of aromatic nitrogens is 3. The van der Waals surface area contributed by atoms with Gasteiger partial charge in [-0.25, -0.2) is 9.55 Å². The van der Waals surface area contributed by atoms with Crippen LogP contribution in [0.4, 0.5) is 0 Å². The summed E-state index contributed by atoms with van der Waals surface area (Å²) in [5, 5.41) is 0. The lowest BCUT2D eigenvalue weighted by atomic mass is 10.2. The minimum Gasteiger partial charge on any atom is -0.381 e. The number of rotatable bonds is 1. The van der Waals surface area contributed by atoms with Gasteiger partial charge in [-0.2, -0.15) is 4.57 Å². The highest BCUT2D eigenvalue weighted by Crippen LogP contribution is 2.64. The Hall–Kier alpha value is -2.34. The Labute approximate surface area is 125 Å². The summed E-state index contributed by atoms with van der Waals surface area (Å²) < 4.78 is 29.0. The van der Waals surface area contributed by atoms with Gasteiger partial charge >= 0.3 is 13.4 Å². The van der Waals surface area contributed by atoms with Crippen LogP contribution in [-0.4, -0.2) is 14.5 Å². The van der Waals surface area contributed by atoms with Gasteiger partial charge in [0.25, 0.3) is 0 Å². The molecule has 1 atom stereocenters. The summed E-state index contributed by atoms with van der Waals surface area (Å²) in [5.74, 6) is 0.524. The molecule has 8 nitrogen and oxygen atoms in total. The molecule has 4 rings (SSSR count). The number of nitrogens with zero attached hydrogens (tertiary/aromatic N) is 3. The van der Waals surface area contributed by atoms with E-state index in [9.17, 15) is 9.36 Å². The summed E-state index contributed by atoms with van der Waals surface area (Å²) in [7, 11) is -3.78. The molecule has 0 saturated heterocycles. The first-order valence-corrected chi connectivity index (χ1v) is 8.07. The van der Waals surface area contributed by atoms with E-state index < -0.39 is 13.4 Å². The maximum atomic E-state index is 12.6. The van der Waals surface area contributed by atoms with Gasteiger partial charge < -0.3 is 13.6 Å². The summed E-state index contributed by atoms with van der Waals surface area (Å²) in [6.45, 7) is 7.08. The number of pyridine rings is 1. The van der Waals surface area contributed by atoms with Gasteiger partial charge in [-0.15, -0.1) is 0 Å². The van der Waals surface area contributed by atoms with Crippen molar-refractivity contribution in [2.45, 2.75) is 27.7 Å². The number of hydrogen-bond acceptors (Lipinski definition) is 7. The van der Waals surface area contributed by atoms with Gasteiger partial charge in [0, 0.05) is 0 Å². The third-order valence-corrected chi connectivity index (χ3v) is 4.95. The number of hydrogen-bond donors (Lipinski definition) is 0. The zero-order chi connectivity index (χ0) is 15.8. The molecule has 2 aliphatic rings. The quantitative estimate of drug-likeness (QED) is 0.743. The van der Waals surface area contributed by atoms with Crippen LogP contribution in [0.1, 0.15) is 22.6 Å². The van der Waals surface area contributed by atoms with Gasteiger partial charge in [0.2, 0.25) is 11.6 Å².